The number of allylic oxidation sites excluding steroid dienone is 8. The van der Waals surface area contributed by atoms with Gasteiger partial charge in [0.05, 0.1) is 11.8 Å². The van der Waals surface area contributed by atoms with Gasteiger partial charge in [-0.2, -0.15) is 0 Å². The van der Waals surface area contributed by atoms with E-state index in [9.17, 15) is 0 Å². The predicted octanol–water partition coefficient (Wildman–Crippen LogP) is 18.1. The molecule has 2 heterocycles. The van der Waals surface area contributed by atoms with Gasteiger partial charge < -0.3 is 13.9 Å². The zero-order valence-electron chi connectivity index (χ0n) is 39.0. The van der Waals surface area contributed by atoms with E-state index in [0.717, 1.165) is 80.7 Å². The second kappa shape index (κ2) is 20.9. The van der Waals surface area contributed by atoms with Crippen molar-refractivity contribution in [3.8, 4) is 33.4 Å². The normalized spacial score (nSPS) is 12.7. The standard InChI is InChI=1S/C66H54N2O/c1-3-50(23-16-46-67-64-28-13-11-26-62(64)63-27-12-14-29-65(63)67)52-24-17-47-69-66-45-40-57(48-58(66)35-34-52)56-32-30-53(31-33-56)55-38-43-61(44-39-55)68(59(4-2)25-15-20-49-18-7-5-8-19-49)60-41-36-54(37-42-60)51-21-9-6-10-22-51/h3-11,13-19,21-26,28-48H,1,12,20,27H2,2H3. The number of anilines is 2. The van der Waals surface area contributed by atoms with Crippen LogP contribution in [0.5, 0.6) is 0 Å². The van der Waals surface area contributed by atoms with Gasteiger partial charge in [-0.25, -0.2) is 0 Å². The lowest BCUT2D eigenvalue weighted by molar-refractivity contribution is 0.606. The average Bonchev–Trinajstić information content (AvgIpc) is 3.78. The first-order chi connectivity index (χ1) is 34.1. The van der Waals surface area contributed by atoms with Crippen LogP contribution in [0.4, 0.5) is 11.4 Å². The summed E-state index contributed by atoms with van der Waals surface area (Å²) in [6.45, 7) is 6.29. The highest BCUT2D eigenvalue weighted by Crippen LogP contribution is 2.36. The Morgan fingerprint density at radius 1 is 0.638 bits per heavy atom. The van der Waals surface area contributed by atoms with Crippen molar-refractivity contribution in [3.05, 3.63) is 284 Å². The summed E-state index contributed by atoms with van der Waals surface area (Å²) in [6, 6.07) is 71.1. The molecule has 3 heteroatoms. The number of para-hydroxylation sites is 1. The van der Waals surface area contributed by atoms with E-state index in [0.29, 0.717) is 0 Å². The van der Waals surface area contributed by atoms with Gasteiger partial charge in [-0.1, -0.05) is 189 Å². The summed E-state index contributed by atoms with van der Waals surface area (Å²) in [4.78, 5) is 2.33. The molecule has 0 amide bonds. The molecule has 0 fully saturated rings. The molecule has 0 spiro atoms. The minimum absolute atomic E-state index is 0.799. The Labute approximate surface area is 406 Å². The molecule has 0 atom stereocenters. The lowest BCUT2D eigenvalue weighted by Crippen LogP contribution is -2.15. The van der Waals surface area contributed by atoms with Crippen LogP contribution in [0.25, 0.3) is 73.1 Å². The molecule has 69 heavy (non-hydrogen) atoms. The molecule has 10 rings (SSSR count). The van der Waals surface area contributed by atoms with E-state index in [2.05, 4.69) is 266 Å². The molecule has 0 unspecified atom stereocenters. The van der Waals surface area contributed by atoms with Gasteiger partial charge in [0, 0.05) is 39.7 Å². The van der Waals surface area contributed by atoms with Gasteiger partial charge in [-0.05, 0) is 149 Å². The van der Waals surface area contributed by atoms with E-state index in [1.807, 2.05) is 12.1 Å². The summed E-state index contributed by atoms with van der Waals surface area (Å²) >= 11 is 0. The van der Waals surface area contributed by atoms with E-state index in [-0.39, 0.29) is 0 Å². The van der Waals surface area contributed by atoms with Crippen molar-refractivity contribution in [2.75, 3.05) is 4.90 Å². The topological polar surface area (TPSA) is 21.3 Å². The Kier molecular flexibility index (Phi) is 13.4. The number of hydrogen-bond donors (Lipinski definition) is 0. The van der Waals surface area contributed by atoms with Gasteiger partial charge in [-0.15, -0.1) is 0 Å². The smallest absolute Gasteiger partial charge is 0.133 e. The van der Waals surface area contributed by atoms with E-state index >= 15 is 0 Å². The molecule has 0 radical (unpaired) electrons. The minimum Gasteiger partial charge on any atom is -0.464 e. The molecule has 334 valence electrons. The maximum absolute atomic E-state index is 6.14. The van der Waals surface area contributed by atoms with Crippen LogP contribution in [0.1, 0.15) is 35.7 Å². The molecule has 0 saturated carbocycles. The Hall–Kier alpha value is -8.66. The summed E-state index contributed by atoms with van der Waals surface area (Å²) < 4.78 is 8.44. The number of aromatic nitrogens is 1. The zero-order valence-corrected chi connectivity index (χ0v) is 39.0. The second-order valence-electron chi connectivity index (χ2n) is 17.2. The lowest BCUT2D eigenvalue weighted by Gasteiger charge is -2.27. The molecule has 3 nitrogen and oxygen atoms in total. The quantitative estimate of drug-likeness (QED) is 0.108. The molecule has 7 aromatic carbocycles. The maximum Gasteiger partial charge on any atom is 0.133 e. The highest BCUT2D eigenvalue weighted by atomic mass is 16.3. The van der Waals surface area contributed by atoms with Gasteiger partial charge in [0.15, 0.2) is 0 Å². The van der Waals surface area contributed by atoms with Crippen molar-refractivity contribution in [2.24, 2.45) is 0 Å². The van der Waals surface area contributed by atoms with Crippen molar-refractivity contribution in [1.29, 1.82) is 0 Å². The third-order valence-electron chi connectivity index (χ3n) is 12.9. The molecule has 0 aliphatic heterocycles. The van der Waals surface area contributed by atoms with Crippen LogP contribution < -0.4 is 4.90 Å². The Balaban J connectivity index is 0.896. The lowest BCUT2D eigenvalue weighted by atomic mass is 9.99. The number of aryl methyl sites for hydroxylation is 1. The van der Waals surface area contributed by atoms with Crippen LogP contribution in [0.2, 0.25) is 0 Å². The first kappa shape index (κ1) is 44.2. The number of fused-ring (bicyclic) bond motifs is 4. The first-order valence-corrected chi connectivity index (χ1v) is 23.8. The van der Waals surface area contributed by atoms with Crippen LogP contribution in [0.15, 0.2) is 266 Å². The zero-order chi connectivity index (χ0) is 46.8. The van der Waals surface area contributed by atoms with E-state index in [1.165, 1.54) is 38.9 Å². The molecular weight excluding hydrogens is 837 g/mol. The first-order valence-electron chi connectivity index (χ1n) is 23.8. The number of benzene rings is 7. The summed E-state index contributed by atoms with van der Waals surface area (Å²) in [6.07, 6.45) is 24.3. The maximum atomic E-state index is 6.14. The molecule has 1 aliphatic carbocycles. The summed E-state index contributed by atoms with van der Waals surface area (Å²) in [5, 5.41) is 2.32. The Bertz CT molecular complexity index is 3450. The molecular formula is C66H54N2O. The van der Waals surface area contributed by atoms with Gasteiger partial charge in [0.1, 0.15) is 5.58 Å². The minimum atomic E-state index is 0.799. The fourth-order valence-electron chi connectivity index (χ4n) is 9.31. The second-order valence-corrected chi connectivity index (χ2v) is 17.2. The number of nitrogens with zero attached hydrogens (tertiary/aromatic N) is 2. The van der Waals surface area contributed by atoms with Gasteiger partial charge >= 0.3 is 0 Å². The summed E-state index contributed by atoms with van der Waals surface area (Å²) in [7, 11) is 0. The highest BCUT2D eigenvalue weighted by molar-refractivity contribution is 5.91. The van der Waals surface area contributed by atoms with Gasteiger partial charge in [0.2, 0.25) is 0 Å². The SMILES string of the molecule is C=CC(=CC=Cn1c2c(c3ccccc31)CCC=C2)c1cccoc2ccc(-c3ccc(-c4ccc(N(C(C=CCc5ccccc5)=CC)c5ccc(-c6ccccc6)cc5)cc4)cc3)cc2cc1. The van der Waals surface area contributed by atoms with Crippen molar-refractivity contribution >= 4 is 51.1 Å². The summed E-state index contributed by atoms with van der Waals surface area (Å²) in [5.41, 5.74) is 18.3. The third kappa shape index (κ3) is 9.91. The monoisotopic (exact) mass is 890 g/mol. The number of rotatable bonds is 13. The Morgan fingerprint density at radius 2 is 1.26 bits per heavy atom. The van der Waals surface area contributed by atoms with Crippen molar-refractivity contribution in [3.63, 3.8) is 0 Å². The highest BCUT2D eigenvalue weighted by Gasteiger charge is 2.16. The molecule has 0 saturated heterocycles. The van der Waals surface area contributed by atoms with Gasteiger partial charge in [-0.3, -0.25) is 0 Å². The molecule has 1 aliphatic rings. The fraction of sp³-hybridized carbons (Fsp3) is 0.0606. The van der Waals surface area contributed by atoms with Gasteiger partial charge in [0.25, 0.3) is 0 Å². The van der Waals surface area contributed by atoms with Crippen LogP contribution in [-0.2, 0) is 12.8 Å². The predicted molar refractivity (Wildman–Crippen MR) is 295 cm³/mol. The van der Waals surface area contributed by atoms with E-state index in [1.54, 1.807) is 6.26 Å². The summed E-state index contributed by atoms with van der Waals surface area (Å²) in [5.74, 6) is 0. The molecule has 2 aromatic heterocycles. The molecule has 9 aromatic rings. The van der Waals surface area contributed by atoms with Crippen molar-refractivity contribution in [2.45, 2.75) is 26.2 Å². The van der Waals surface area contributed by atoms with E-state index in [4.69, 9.17) is 4.42 Å². The molecule has 0 N–H and O–H groups in total. The fourth-order valence-corrected chi connectivity index (χ4v) is 9.31. The average molecular weight is 891 g/mol. The van der Waals surface area contributed by atoms with Crippen LogP contribution in [0.3, 0.4) is 0 Å². The van der Waals surface area contributed by atoms with Crippen LogP contribution >= 0.6 is 0 Å². The number of hydrogen-bond acceptors (Lipinski definition) is 2. The Morgan fingerprint density at radius 3 is 1.96 bits per heavy atom. The largest absolute Gasteiger partial charge is 0.464 e. The van der Waals surface area contributed by atoms with Crippen LogP contribution in [-0.4, -0.2) is 4.57 Å². The molecule has 0 bridgehead atoms. The van der Waals surface area contributed by atoms with E-state index < -0.39 is 0 Å². The van der Waals surface area contributed by atoms with Crippen LogP contribution in [0, 0.1) is 0 Å². The van der Waals surface area contributed by atoms with Crippen molar-refractivity contribution < 1.29 is 4.42 Å². The third-order valence-corrected chi connectivity index (χ3v) is 12.9. The van der Waals surface area contributed by atoms with Crippen molar-refractivity contribution in [1.82, 2.24) is 4.57 Å².